The van der Waals surface area contributed by atoms with Gasteiger partial charge in [0.25, 0.3) is 0 Å². The van der Waals surface area contributed by atoms with Crippen LogP contribution in [0.3, 0.4) is 0 Å². The van der Waals surface area contributed by atoms with E-state index in [1.165, 1.54) is 25.7 Å². The highest BCUT2D eigenvalue weighted by Gasteiger charge is 2.39. The van der Waals surface area contributed by atoms with Gasteiger partial charge in [0, 0.05) is 26.7 Å². The molecule has 6 nitrogen and oxygen atoms in total. The standard InChI is InChI=1S/C14H24N6/c1-4-15-12-17-13(19-14(18-12)20(2)3)16-11-8-9-5-6-10(11)7-9/h9-11H,4-8H2,1-3H3,(H2,15,16,17,18,19). The predicted molar refractivity (Wildman–Crippen MR) is 81.2 cm³/mol. The first-order chi connectivity index (χ1) is 9.65. The van der Waals surface area contributed by atoms with Crippen LogP contribution in [0.4, 0.5) is 17.8 Å². The number of fused-ring (bicyclic) bond motifs is 2. The predicted octanol–water partition coefficient (Wildman–Crippen LogP) is 1.97. The van der Waals surface area contributed by atoms with Gasteiger partial charge in [-0.3, -0.25) is 0 Å². The van der Waals surface area contributed by atoms with Crippen LogP contribution in [0.2, 0.25) is 0 Å². The summed E-state index contributed by atoms with van der Waals surface area (Å²) in [5, 5.41) is 6.71. The Bertz CT molecular complexity index is 475. The quantitative estimate of drug-likeness (QED) is 0.857. The number of hydrogen-bond donors (Lipinski definition) is 2. The molecular weight excluding hydrogens is 252 g/mol. The fourth-order valence-electron chi connectivity index (χ4n) is 3.45. The Kier molecular flexibility index (Phi) is 3.63. The lowest BCUT2D eigenvalue weighted by Crippen LogP contribution is -2.28. The van der Waals surface area contributed by atoms with Crippen LogP contribution in [-0.2, 0) is 0 Å². The van der Waals surface area contributed by atoms with E-state index in [9.17, 15) is 0 Å². The van der Waals surface area contributed by atoms with Crippen molar-refractivity contribution in [3.05, 3.63) is 0 Å². The van der Waals surface area contributed by atoms with Crippen LogP contribution in [0.15, 0.2) is 0 Å². The fourth-order valence-corrected chi connectivity index (χ4v) is 3.45. The van der Waals surface area contributed by atoms with Crippen molar-refractivity contribution in [3.63, 3.8) is 0 Å². The minimum atomic E-state index is 0.542. The van der Waals surface area contributed by atoms with Crippen molar-refractivity contribution in [2.45, 2.75) is 38.6 Å². The summed E-state index contributed by atoms with van der Waals surface area (Å²) in [7, 11) is 3.90. The lowest BCUT2D eigenvalue weighted by atomic mass is 9.95. The van der Waals surface area contributed by atoms with E-state index in [-0.39, 0.29) is 0 Å². The van der Waals surface area contributed by atoms with E-state index in [0.717, 1.165) is 18.4 Å². The molecule has 3 unspecified atom stereocenters. The number of nitrogens with zero attached hydrogens (tertiary/aromatic N) is 4. The maximum absolute atomic E-state index is 4.51. The van der Waals surface area contributed by atoms with Crippen molar-refractivity contribution in [1.29, 1.82) is 0 Å². The van der Waals surface area contributed by atoms with E-state index in [0.29, 0.717) is 23.9 Å². The van der Waals surface area contributed by atoms with Crippen LogP contribution in [0.25, 0.3) is 0 Å². The second-order valence-electron chi connectivity index (χ2n) is 6.13. The smallest absolute Gasteiger partial charge is 0.231 e. The Morgan fingerprint density at radius 1 is 1.10 bits per heavy atom. The number of hydrogen-bond acceptors (Lipinski definition) is 6. The zero-order valence-corrected chi connectivity index (χ0v) is 12.6. The Morgan fingerprint density at radius 2 is 1.90 bits per heavy atom. The van der Waals surface area contributed by atoms with Crippen LogP contribution in [0, 0.1) is 11.8 Å². The molecule has 0 aliphatic heterocycles. The van der Waals surface area contributed by atoms with Gasteiger partial charge in [-0.05, 0) is 38.0 Å². The van der Waals surface area contributed by atoms with Crippen molar-refractivity contribution in [1.82, 2.24) is 15.0 Å². The maximum Gasteiger partial charge on any atom is 0.231 e. The first kappa shape index (κ1) is 13.4. The van der Waals surface area contributed by atoms with Gasteiger partial charge in [0.15, 0.2) is 0 Å². The molecule has 1 aromatic heterocycles. The van der Waals surface area contributed by atoms with Gasteiger partial charge in [-0.15, -0.1) is 0 Å². The van der Waals surface area contributed by atoms with Crippen LogP contribution >= 0.6 is 0 Å². The Labute approximate surface area is 120 Å². The Morgan fingerprint density at radius 3 is 2.50 bits per heavy atom. The third kappa shape index (κ3) is 2.64. The summed E-state index contributed by atoms with van der Waals surface area (Å²) in [6, 6.07) is 0.542. The summed E-state index contributed by atoms with van der Waals surface area (Å²) in [5.74, 6) is 3.78. The number of nitrogens with one attached hydrogen (secondary N) is 2. The number of rotatable bonds is 5. The molecule has 0 aromatic carbocycles. The Hall–Kier alpha value is -1.59. The molecule has 110 valence electrons. The summed E-state index contributed by atoms with van der Waals surface area (Å²) in [6.45, 7) is 2.85. The molecule has 2 fully saturated rings. The third-order valence-electron chi connectivity index (χ3n) is 4.41. The lowest BCUT2D eigenvalue weighted by Gasteiger charge is -2.23. The summed E-state index contributed by atoms with van der Waals surface area (Å²) >= 11 is 0. The fraction of sp³-hybridized carbons (Fsp3) is 0.786. The minimum absolute atomic E-state index is 0.542. The topological polar surface area (TPSA) is 66.0 Å². The lowest BCUT2D eigenvalue weighted by molar-refractivity contribution is 0.438. The first-order valence-electron chi connectivity index (χ1n) is 7.59. The van der Waals surface area contributed by atoms with Gasteiger partial charge in [-0.1, -0.05) is 6.42 Å². The average Bonchev–Trinajstić information content (AvgIpc) is 3.01. The second-order valence-corrected chi connectivity index (χ2v) is 6.13. The molecule has 1 heterocycles. The SMILES string of the molecule is CCNc1nc(NC2CC3CCC2C3)nc(N(C)C)n1. The van der Waals surface area contributed by atoms with Gasteiger partial charge >= 0.3 is 0 Å². The van der Waals surface area contributed by atoms with Crippen molar-refractivity contribution in [3.8, 4) is 0 Å². The molecule has 0 amide bonds. The van der Waals surface area contributed by atoms with E-state index in [1.807, 2.05) is 25.9 Å². The minimum Gasteiger partial charge on any atom is -0.354 e. The summed E-state index contributed by atoms with van der Waals surface area (Å²) in [6.07, 6.45) is 5.41. The molecule has 3 rings (SSSR count). The summed E-state index contributed by atoms with van der Waals surface area (Å²) in [5.41, 5.74) is 0. The molecule has 0 spiro atoms. The zero-order valence-electron chi connectivity index (χ0n) is 12.6. The summed E-state index contributed by atoms with van der Waals surface area (Å²) < 4.78 is 0. The Balaban J connectivity index is 1.77. The monoisotopic (exact) mass is 276 g/mol. The van der Waals surface area contributed by atoms with E-state index in [4.69, 9.17) is 0 Å². The second kappa shape index (κ2) is 5.42. The largest absolute Gasteiger partial charge is 0.354 e. The third-order valence-corrected chi connectivity index (χ3v) is 4.41. The van der Waals surface area contributed by atoms with E-state index in [2.05, 4.69) is 25.6 Å². The maximum atomic E-state index is 4.51. The zero-order chi connectivity index (χ0) is 14.1. The molecule has 0 radical (unpaired) electrons. The van der Waals surface area contributed by atoms with Crippen molar-refractivity contribution < 1.29 is 0 Å². The molecule has 0 saturated heterocycles. The van der Waals surface area contributed by atoms with Crippen LogP contribution in [-0.4, -0.2) is 41.6 Å². The molecule has 2 aliphatic rings. The number of anilines is 3. The van der Waals surface area contributed by atoms with Gasteiger partial charge in [0.2, 0.25) is 17.8 Å². The van der Waals surface area contributed by atoms with E-state index >= 15 is 0 Å². The average molecular weight is 276 g/mol. The molecule has 6 heteroatoms. The van der Waals surface area contributed by atoms with Crippen LogP contribution in [0.1, 0.15) is 32.6 Å². The van der Waals surface area contributed by atoms with Gasteiger partial charge < -0.3 is 15.5 Å². The molecule has 3 atom stereocenters. The van der Waals surface area contributed by atoms with Crippen LogP contribution in [0.5, 0.6) is 0 Å². The molecule has 2 saturated carbocycles. The molecular formula is C14H24N6. The van der Waals surface area contributed by atoms with E-state index < -0.39 is 0 Å². The molecule has 2 aliphatic carbocycles. The first-order valence-corrected chi connectivity index (χ1v) is 7.59. The molecule has 2 N–H and O–H groups in total. The van der Waals surface area contributed by atoms with Crippen LogP contribution < -0.4 is 15.5 Å². The highest BCUT2D eigenvalue weighted by Crippen LogP contribution is 2.45. The van der Waals surface area contributed by atoms with Gasteiger partial charge in [0.05, 0.1) is 0 Å². The molecule has 1 aromatic rings. The highest BCUT2D eigenvalue weighted by atomic mass is 15.3. The molecule has 20 heavy (non-hydrogen) atoms. The number of aromatic nitrogens is 3. The highest BCUT2D eigenvalue weighted by molar-refractivity contribution is 5.43. The van der Waals surface area contributed by atoms with Crippen molar-refractivity contribution in [2.75, 3.05) is 36.2 Å². The normalized spacial score (nSPS) is 27.6. The van der Waals surface area contributed by atoms with Gasteiger partial charge in [-0.25, -0.2) is 0 Å². The van der Waals surface area contributed by atoms with Gasteiger partial charge in [0.1, 0.15) is 0 Å². The van der Waals surface area contributed by atoms with Crippen molar-refractivity contribution >= 4 is 17.8 Å². The van der Waals surface area contributed by atoms with Crippen molar-refractivity contribution in [2.24, 2.45) is 11.8 Å². The van der Waals surface area contributed by atoms with Gasteiger partial charge in [-0.2, -0.15) is 15.0 Å². The molecule has 2 bridgehead atoms. The van der Waals surface area contributed by atoms with E-state index in [1.54, 1.807) is 0 Å². The summed E-state index contributed by atoms with van der Waals surface area (Å²) in [4.78, 5) is 15.3.